The zero-order valence-corrected chi connectivity index (χ0v) is 8.87. The lowest BCUT2D eigenvalue weighted by molar-refractivity contribution is 0.0171. The SMILES string of the molecule is Nc1ccccc1CC1(O)CCCNC1. The van der Waals surface area contributed by atoms with E-state index >= 15 is 0 Å². The summed E-state index contributed by atoms with van der Waals surface area (Å²) >= 11 is 0. The third-order valence-electron chi connectivity index (χ3n) is 3.02. The molecule has 4 N–H and O–H groups in total. The highest BCUT2D eigenvalue weighted by Crippen LogP contribution is 2.24. The van der Waals surface area contributed by atoms with Gasteiger partial charge in [-0.05, 0) is 31.0 Å². The molecule has 1 atom stereocenters. The van der Waals surface area contributed by atoms with Gasteiger partial charge in [-0.1, -0.05) is 18.2 Å². The summed E-state index contributed by atoms with van der Waals surface area (Å²) in [4.78, 5) is 0. The summed E-state index contributed by atoms with van der Waals surface area (Å²) in [5.74, 6) is 0. The van der Waals surface area contributed by atoms with E-state index in [-0.39, 0.29) is 0 Å². The fourth-order valence-electron chi connectivity index (χ4n) is 2.15. The van der Waals surface area contributed by atoms with Gasteiger partial charge in [0.2, 0.25) is 0 Å². The van der Waals surface area contributed by atoms with Crippen LogP contribution in [0.2, 0.25) is 0 Å². The molecule has 3 heteroatoms. The molecule has 82 valence electrons. The minimum absolute atomic E-state index is 0.617. The lowest BCUT2D eigenvalue weighted by atomic mass is 9.87. The number of nitrogens with one attached hydrogen (secondary N) is 1. The van der Waals surface area contributed by atoms with Crippen LogP contribution >= 0.6 is 0 Å². The highest BCUT2D eigenvalue weighted by atomic mass is 16.3. The number of para-hydroxylation sites is 1. The minimum atomic E-state index is -0.617. The first-order valence-electron chi connectivity index (χ1n) is 5.46. The van der Waals surface area contributed by atoms with Gasteiger partial charge in [0.05, 0.1) is 5.60 Å². The van der Waals surface area contributed by atoms with Crippen LogP contribution in [0.15, 0.2) is 24.3 Å². The molecule has 1 aromatic carbocycles. The zero-order chi connectivity index (χ0) is 10.7. The van der Waals surface area contributed by atoms with E-state index in [0.29, 0.717) is 13.0 Å². The molecule has 1 aliphatic rings. The van der Waals surface area contributed by atoms with Gasteiger partial charge in [0, 0.05) is 18.7 Å². The topological polar surface area (TPSA) is 58.3 Å². The summed E-state index contributed by atoms with van der Waals surface area (Å²) in [6.45, 7) is 1.67. The van der Waals surface area contributed by atoms with Crippen LogP contribution in [0.3, 0.4) is 0 Å². The molecule has 1 unspecified atom stereocenters. The number of nitrogen functional groups attached to an aromatic ring is 1. The van der Waals surface area contributed by atoms with Gasteiger partial charge in [0.1, 0.15) is 0 Å². The quantitative estimate of drug-likeness (QED) is 0.631. The van der Waals surface area contributed by atoms with Crippen LogP contribution in [0.1, 0.15) is 18.4 Å². The molecule has 0 saturated carbocycles. The predicted octanol–water partition coefficient (Wildman–Crippen LogP) is 0.926. The first kappa shape index (κ1) is 10.5. The fraction of sp³-hybridized carbons (Fsp3) is 0.500. The number of β-amino-alcohol motifs (C(OH)–C–C–N with tert-alkyl or cyclic N) is 1. The third kappa shape index (κ3) is 2.49. The van der Waals surface area contributed by atoms with Crippen LogP contribution in [0.5, 0.6) is 0 Å². The van der Waals surface area contributed by atoms with Crippen LogP contribution < -0.4 is 11.1 Å². The Morgan fingerprint density at radius 1 is 1.40 bits per heavy atom. The van der Waals surface area contributed by atoms with Crippen LogP contribution in [-0.4, -0.2) is 23.8 Å². The normalized spacial score (nSPS) is 26.5. The molecule has 0 aliphatic carbocycles. The molecule has 1 saturated heterocycles. The second-order valence-electron chi connectivity index (χ2n) is 4.38. The Balaban J connectivity index is 2.10. The van der Waals surface area contributed by atoms with Gasteiger partial charge in [-0.3, -0.25) is 0 Å². The predicted molar refractivity (Wildman–Crippen MR) is 61.6 cm³/mol. The highest BCUT2D eigenvalue weighted by molar-refractivity contribution is 5.47. The molecule has 3 nitrogen and oxygen atoms in total. The van der Waals surface area contributed by atoms with E-state index in [1.807, 2.05) is 24.3 Å². The Kier molecular flexibility index (Phi) is 2.93. The zero-order valence-electron chi connectivity index (χ0n) is 8.87. The minimum Gasteiger partial charge on any atom is -0.399 e. The maximum absolute atomic E-state index is 10.3. The van der Waals surface area contributed by atoms with Gasteiger partial charge in [-0.25, -0.2) is 0 Å². The van der Waals surface area contributed by atoms with Crippen molar-refractivity contribution in [1.29, 1.82) is 0 Å². The van der Waals surface area contributed by atoms with Gasteiger partial charge in [0.15, 0.2) is 0 Å². The van der Waals surface area contributed by atoms with E-state index in [2.05, 4.69) is 5.32 Å². The van der Waals surface area contributed by atoms with Crippen molar-refractivity contribution in [3.63, 3.8) is 0 Å². The summed E-state index contributed by atoms with van der Waals surface area (Å²) < 4.78 is 0. The maximum atomic E-state index is 10.3. The van der Waals surface area contributed by atoms with E-state index in [1.54, 1.807) is 0 Å². The highest BCUT2D eigenvalue weighted by Gasteiger charge is 2.29. The van der Waals surface area contributed by atoms with Gasteiger partial charge >= 0.3 is 0 Å². The van der Waals surface area contributed by atoms with E-state index in [4.69, 9.17) is 5.73 Å². The van der Waals surface area contributed by atoms with E-state index in [1.165, 1.54) is 0 Å². The number of benzene rings is 1. The molecule has 1 fully saturated rings. The van der Waals surface area contributed by atoms with Crippen molar-refractivity contribution in [2.24, 2.45) is 0 Å². The molecule has 1 aliphatic heterocycles. The molecule has 0 radical (unpaired) electrons. The Bertz CT molecular complexity index is 332. The first-order valence-corrected chi connectivity index (χ1v) is 5.46. The van der Waals surface area contributed by atoms with Crippen LogP contribution in [-0.2, 0) is 6.42 Å². The van der Waals surface area contributed by atoms with Crippen LogP contribution in [0, 0.1) is 0 Å². The number of aliphatic hydroxyl groups is 1. The lowest BCUT2D eigenvalue weighted by Gasteiger charge is -2.33. The Morgan fingerprint density at radius 2 is 2.20 bits per heavy atom. The molecule has 0 amide bonds. The van der Waals surface area contributed by atoms with Gasteiger partial charge in [0.25, 0.3) is 0 Å². The molecular formula is C12H18N2O. The smallest absolute Gasteiger partial charge is 0.0812 e. The van der Waals surface area contributed by atoms with Crippen molar-refractivity contribution in [2.45, 2.75) is 24.9 Å². The standard InChI is InChI=1S/C12H18N2O/c13-11-5-2-1-4-10(11)8-12(15)6-3-7-14-9-12/h1-2,4-5,14-15H,3,6-9,13H2. The van der Waals surface area contributed by atoms with Gasteiger partial charge in [-0.15, -0.1) is 0 Å². The molecule has 0 spiro atoms. The molecule has 15 heavy (non-hydrogen) atoms. The van der Waals surface area contributed by atoms with E-state index in [9.17, 15) is 5.11 Å². The molecule has 1 aromatic rings. The number of hydrogen-bond donors (Lipinski definition) is 3. The number of anilines is 1. The second kappa shape index (κ2) is 4.21. The number of hydrogen-bond acceptors (Lipinski definition) is 3. The van der Waals surface area contributed by atoms with Gasteiger partial charge in [-0.2, -0.15) is 0 Å². The monoisotopic (exact) mass is 206 g/mol. The van der Waals surface area contributed by atoms with Crippen LogP contribution in [0.4, 0.5) is 5.69 Å². The lowest BCUT2D eigenvalue weighted by Crippen LogP contribution is -2.47. The average Bonchev–Trinajstić information content (AvgIpc) is 2.22. The number of rotatable bonds is 2. The Labute approximate surface area is 90.3 Å². The molecule has 1 heterocycles. The van der Waals surface area contributed by atoms with Gasteiger partial charge < -0.3 is 16.2 Å². The molecular weight excluding hydrogens is 188 g/mol. The fourth-order valence-corrected chi connectivity index (χ4v) is 2.15. The molecule has 2 rings (SSSR count). The third-order valence-corrected chi connectivity index (χ3v) is 3.02. The first-order chi connectivity index (χ1) is 7.20. The van der Waals surface area contributed by atoms with Crippen molar-refractivity contribution in [3.8, 4) is 0 Å². The van der Waals surface area contributed by atoms with E-state index < -0.39 is 5.60 Å². The maximum Gasteiger partial charge on any atom is 0.0812 e. The number of nitrogens with two attached hydrogens (primary N) is 1. The summed E-state index contributed by atoms with van der Waals surface area (Å²) in [5.41, 5.74) is 7.07. The van der Waals surface area contributed by atoms with Crippen molar-refractivity contribution in [2.75, 3.05) is 18.8 Å². The summed E-state index contributed by atoms with van der Waals surface area (Å²) in [5, 5.41) is 13.6. The largest absolute Gasteiger partial charge is 0.399 e. The van der Waals surface area contributed by atoms with Crippen molar-refractivity contribution < 1.29 is 5.11 Å². The van der Waals surface area contributed by atoms with Crippen molar-refractivity contribution in [3.05, 3.63) is 29.8 Å². The molecule has 0 bridgehead atoms. The summed E-state index contributed by atoms with van der Waals surface area (Å²) in [7, 11) is 0. The summed E-state index contributed by atoms with van der Waals surface area (Å²) in [6.07, 6.45) is 2.53. The second-order valence-corrected chi connectivity index (χ2v) is 4.38. The Morgan fingerprint density at radius 3 is 2.87 bits per heavy atom. The van der Waals surface area contributed by atoms with E-state index in [0.717, 1.165) is 30.6 Å². The molecule has 0 aromatic heterocycles. The van der Waals surface area contributed by atoms with Crippen molar-refractivity contribution >= 4 is 5.69 Å². The number of piperidine rings is 1. The van der Waals surface area contributed by atoms with Crippen LogP contribution in [0.25, 0.3) is 0 Å². The Hall–Kier alpha value is -1.06. The average molecular weight is 206 g/mol. The van der Waals surface area contributed by atoms with Crippen molar-refractivity contribution in [1.82, 2.24) is 5.32 Å². The summed E-state index contributed by atoms with van der Waals surface area (Å²) in [6, 6.07) is 7.75.